The van der Waals surface area contributed by atoms with Crippen LogP contribution in [-0.4, -0.2) is 28.6 Å². The van der Waals surface area contributed by atoms with E-state index in [1.54, 1.807) is 0 Å². The number of likely N-dealkylation sites (tertiary alicyclic amines) is 1. The van der Waals surface area contributed by atoms with Crippen LogP contribution in [0.2, 0.25) is 0 Å². The number of piperidine rings is 1. The normalized spacial score (nSPS) is 22.2. The minimum Gasteiger partial charge on any atom is -0.392 e. The number of aliphatic hydroxyl groups is 1. The molecule has 3 rings (SSSR count). The van der Waals surface area contributed by atoms with E-state index < -0.39 is 17.6 Å². The Kier molecular flexibility index (Phi) is 4.22. The molecule has 1 heterocycles. The summed E-state index contributed by atoms with van der Waals surface area (Å²) in [5.74, 6) is -0.475. The lowest BCUT2D eigenvalue weighted by molar-refractivity contribution is -0.146. The summed E-state index contributed by atoms with van der Waals surface area (Å²) < 4.78 is 0. The summed E-state index contributed by atoms with van der Waals surface area (Å²) in [7, 11) is 0. The largest absolute Gasteiger partial charge is 0.392 e. The van der Waals surface area contributed by atoms with Crippen LogP contribution in [-0.2, 0) is 10.3 Å². The lowest BCUT2D eigenvalue weighted by atomic mass is 9.83. The Morgan fingerprint density at radius 3 is 2.17 bits per heavy atom. The van der Waals surface area contributed by atoms with E-state index in [-0.39, 0.29) is 5.91 Å². The van der Waals surface area contributed by atoms with E-state index in [0.717, 1.165) is 11.1 Å². The van der Waals surface area contributed by atoms with E-state index in [0.29, 0.717) is 13.0 Å². The van der Waals surface area contributed by atoms with Crippen molar-refractivity contribution in [3.05, 3.63) is 71.8 Å². The van der Waals surface area contributed by atoms with Gasteiger partial charge in [-0.25, -0.2) is 0 Å². The predicted octanol–water partition coefficient (Wildman–Crippen LogP) is 3.30. The third-order valence-corrected chi connectivity index (χ3v) is 4.88. The third-order valence-electron chi connectivity index (χ3n) is 4.88. The molecular weight excluding hydrogens is 286 g/mol. The van der Waals surface area contributed by atoms with Crippen LogP contribution in [0.1, 0.15) is 37.3 Å². The minimum absolute atomic E-state index is 0.00352. The molecule has 2 unspecified atom stereocenters. The second-order valence-electron chi connectivity index (χ2n) is 6.66. The highest BCUT2D eigenvalue weighted by atomic mass is 16.3. The van der Waals surface area contributed by atoms with E-state index in [9.17, 15) is 9.90 Å². The first-order valence-electron chi connectivity index (χ1n) is 8.12. The van der Waals surface area contributed by atoms with E-state index in [1.165, 1.54) is 0 Å². The Bertz CT molecular complexity index is 667. The number of hydrogen-bond acceptors (Lipinski definition) is 2. The van der Waals surface area contributed by atoms with Gasteiger partial charge in [0.15, 0.2) is 0 Å². The average molecular weight is 309 g/mol. The van der Waals surface area contributed by atoms with E-state index in [2.05, 4.69) is 26.0 Å². The lowest BCUT2D eigenvalue weighted by Gasteiger charge is -2.45. The van der Waals surface area contributed by atoms with Gasteiger partial charge in [0.1, 0.15) is 0 Å². The zero-order valence-electron chi connectivity index (χ0n) is 13.6. The molecule has 2 aromatic carbocycles. The summed E-state index contributed by atoms with van der Waals surface area (Å²) in [6.07, 6.45) is -0.0191. The van der Waals surface area contributed by atoms with Crippen LogP contribution in [0.5, 0.6) is 0 Å². The van der Waals surface area contributed by atoms with Crippen LogP contribution in [0.25, 0.3) is 0 Å². The maximum Gasteiger partial charge on any atom is 0.233 e. The molecule has 0 radical (unpaired) electrons. The molecule has 0 spiro atoms. The number of aliphatic hydroxyl groups excluding tert-OH is 1. The number of benzene rings is 2. The maximum absolute atomic E-state index is 13.1. The minimum atomic E-state index is -0.618. The summed E-state index contributed by atoms with van der Waals surface area (Å²) in [6, 6.07) is 19.7. The highest BCUT2D eigenvalue weighted by molar-refractivity contribution is 5.86. The van der Waals surface area contributed by atoms with Gasteiger partial charge in [-0.15, -0.1) is 0 Å². The number of carbonyl (C=O) groups is 1. The lowest BCUT2D eigenvalue weighted by Crippen LogP contribution is -2.54. The van der Waals surface area contributed by atoms with Crippen LogP contribution in [0.4, 0.5) is 0 Å². The molecule has 1 N–H and O–H groups in total. The van der Waals surface area contributed by atoms with Gasteiger partial charge in [-0.05, 0) is 31.4 Å². The fourth-order valence-electron chi connectivity index (χ4n) is 3.45. The number of amides is 1. The van der Waals surface area contributed by atoms with Gasteiger partial charge in [0, 0.05) is 6.54 Å². The van der Waals surface area contributed by atoms with Crippen molar-refractivity contribution in [3.8, 4) is 0 Å². The zero-order chi connectivity index (χ0) is 16.4. The quantitative estimate of drug-likeness (QED) is 0.945. The molecule has 1 aliphatic rings. The Morgan fingerprint density at radius 2 is 1.57 bits per heavy atom. The van der Waals surface area contributed by atoms with Crippen LogP contribution in [0, 0.1) is 0 Å². The van der Waals surface area contributed by atoms with Crippen LogP contribution >= 0.6 is 0 Å². The molecule has 2 atom stereocenters. The first kappa shape index (κ1) is 15.8. The number of carbonyl (C=O) groups excluding carboxylic acids is 1. The van der Waals surface area contributed by atoms with E-state index >= 15 is 0 Å². The molecule has 0 saturated carbocycles. The first-order chi connectivity index (χ1) is 11.0. The van der Waals surface area contributed by atoms with Gasteiger partial charge < -0.3 is 10.0 Å². The molecule has 1 amide bonds. The van der Waals surface area contributed by atoms with Gasteiger partial charge in [-0.1, -0.05) is 60.7 Å². The molecule has 3 nitrogen and oxygen atoms in total. The fourth-order valence-corrected chi connectivity index (χ4v) is 3.45. The van der Waals surface area contributed by atoms with Crippen molar-refractivity contribution in [2.24, 2.45) is 0 Å². The average Bonchev–Trinajstić information content (AvgIpc) is 2.56. The molecule has 2 aromatic rings. The molecule has 23 heavy (non-hydrogen) atoms. The van der Waals surface area contributed by atoms with Crippen molar-refractivity contribution in [1.82, 2.24) is 4.90 Å². The Balaban J connectivity index is 1.94. The Labute approximate surface area is 137 Å². The van der Waals surface area contributed by atoms with Gasteiger partial charge in [0.05, 0.1) is 17.6 Å². The van der Waals surface area contributed by atoms with Crippen molar-refractivity contribution in [2.75, 3.05) is 6.54 Å². The monoisotopic (exact) mass is 309 g/mol. The fraction of sp³-hybridized carbons (Fsp3) is 0.350. The number of rotatable bonds is 3. The first-order valence-corrected chi connectivity index (χ1v) is 8.12. The maximum atomic E-state index is 13.1. The predicted molar refractivity (Wildman–Crippen MR) is 91.0 cm³/mol. The Morgan fingerprint density at radius 1 is 1.00 bits per heavy atom. The molecule has 0 aromatic heterocycles. The summed E-state index contributed by atoms with van der Waals surface area (Å²) in [5, 5.41) is 10.4. The molecule has 3 heteroatoms. The van der Waals surface area contributed by atoms with Crippen molar-refractivity contribution < 1.29 is 9.90 Å². The number of hydrogen-bond donors (Lipinski definition) is 1. The SMILES string of the molecule is CC(C)(c1ccccc1)N1CCC(O)C(c2ccccc2)C1=O. The van der Waals surface area contributed by atoms with E-state index in [4.69, 9.17) is 0 Å². The summed E-state index contributed by atoms with van der Waals surface area (Å²) in [5.41, 5.74) is 1.60. The van der Waals surface area contributed by atoms with Gasteiger partial charge >= 0.3 is 0 Å². The molecule has 1 aliphatic heterocycles. The van der Waals surface area contributed by atoms with Crippen molar-refractivity contribution in [2.45, 2.75) is 37.8 Å². The molecule has 0 aliphatic carbocycles. The van der Waals surface area contributed by atoms with Crippen molar-refractivity contribution >= 4 is 5.91 Å². The van der Waals surface area contributed by atoms with E-state index in [1.807, 2.05) is 53.4 Å². The highest BCUT2D eigenvalue weighted by Crippen LogP contribution is 2.36. The summed E-state index contributed by atoms with van der Waals surface area (Å²) in [6.45, 7) is 4.71. The topological polar surface area (TPSA) is 40.5 Å². The van der Waals surface area contributed by atoms with Crippen LogP contribution in [0.3, 0.4) is 0 Å². The highest BCUT2D eigenvalue weighted by Gasteiger charge is 2.42. The standard InChI is InChI=1S/C20H23NO2/c1-20(2,16-11-7-4-8-12-16)21-14-13-17(22)18(19(21)23)15-9-5-3-6-10-15/h3-12,17-18,22H,13-14H2,1-2H3. The Hall–Kier alpha value is -2.13. The van der Waals surface area contributed by atoms with Gasteiger partial charge in [0.2, 0.25) is 5.91 Å². The van der Waals surface area contributed by atoms with Crippen LogP contribution < -0.4 is 0 Å². The third kappa shape index (κ3) is 2.89. The molecule has 1 saturated heterocycles. The second-order valence-corrected chi connectivity index (χ2v) is 6.66. The zero-order valence-corrected chi connectivity index (χ0v) is 13.6. The molecular formula is C20H23NO2. The van der Waals surface area contributed by atoms with Crippen LogP contribution in [0.15, 0.2) is 60.7 Å². The molecule has 120 valence electrons. The van der Waals surface area contributed by atoms with Crippen molar-refractivity contribution in [1.29, 1.82) is 0 Å². The number of nitrogens with zero attached hydrogens (tertiary/aromatic N) is 1. The molecule has 0 bridgehead atoms. The van der Waals surface area contributed by atoms with Crippen molar-refractivity contribution in [3.63, 3.8) is 0 Å². The second kappa shape index (κ2) is 6.17. The van der Waals surface area contributed by atoms with Gasteiger partial charge in [0.25, 0.3) is 0 Å². The smallest absolute Gasteiger partial charge is 0.233 e. The molecule has 1 fully saturated rings. The summed E-state index contributed by atoms with van der Waals surface area (Å²) in [4.78, 5) is 15.0. The van der Waals surface area contributed by atoms with Gasteiger partial charge in [-0.3, -0.25) is 4.79 Å². The van der Waals surface area contributed by atoms with Gasteiger partial charge in [-0.2, -0.15) is 0 Å². The summed E-state index contributed by atoms with van der Waals surface area (Å²) >= 11 is 0.